The van der Waals surface area contributed by atoms with E-state index in [0.29, 0.717) is 45.3 Å². The second kappa shape index (κ2) is 11.8. The van der Waals surface area contributed by atoms with Crippen LogP contribution in [0.1, 0.15) is 44.9 Å². The van der Waals surface area contributed by atoms with Crippen molar-refractivity contribution in [2.24, 2.45) is 4.99 Å². The van der Waals surface area contributed by atoms with Crippen molar-refractivity contribution in [3.63, 3.8) is 0 Å². The Morgan fingerprint density at radius 3 is 2.30 bits per heavy atom. The molecule has 0 saturated carbocycles. The van der Waals surface area contributed by atoms with Gasteiger partial charge in [-0.1, -0.05) is 23.5 Å². The van der Waals surface area contributed by atoms with E-state index in [9.17, 15) is 9.59 Å². The molecule has 37 heavy (non-hydrogen) atoms. The largest absolute Gasteiger partial charge is 0.494 e. The molecule has 0 N–H and O–H groups in total. The lowest BCUT2D eigenvalue weighted by atomic mass is 9.96. The zero-order valence-corrected chi connectivity index (χ0v) is 24.8. The number of thiazole rings is 1. The number of allylic oxidation sites excluding steroid dienone is 1. The summed E-state index contributed by atoms with van der Waals surface area (Å²) in [6.45, 7) is 8.65. The van der Waals surface area contributed by atoms with Crippen LogP contribution in [0, 0.1) is 0 Å². The van der Waals surface area contributed by atoms with Gasteiger partial charge in [0.2, 0.25) is 0 Å². The third-order valence-corrected chi connectivity index (χ3v) is 7.79. The summed E-state index contributed by atoms with van der Waals surface area (Å²) in [5.74, 6) is 0.922. The van der Waals surface area contributed by atoms with Crippen LogP contribution in [0.2, 0.25) is 0 Å². The first kappa shape index (κ1) is 27.3. The van der Waals surface area contributed by atoms with Crippen LogP contribution < -0.4 is 24.4 Å². The Balaban J connectivity index is 1.89. The van der Waals surface area contributed by atoms with Crippen LogP contribution in [0.25, 0.3) is 6.08 Å². The molecule has 1 aliphatic rings. The molecule has 0 unspecified atom stereocenters. The Labute approximate surface area is 235 Å². The Hall–Kier alpha value is -2.69. The minimum absolute atomic E-state index is 0.220. The van der Waals surface area contributed by atoms with Crippen molar-refractivity contribution in [2.45, 2.75) is 33.7 Å². The summed E-state index contributed by atoms with van der Waals surface area (Å²) in [4.78, 5) is 32.0. The molecule has 194 valence electrons. The first-order chi connectivity index (χ1) is 17.8. The highest BCUT2D eigenvalue weighted by Crippen LogP contribution is 2.35. The van der Waals surface area contributed by atoms with Gasteiger partial charge in [0.1, 0.15) is 11.5 Å². The summed E-state index contributed by atoms with van der Waals surface area (Å²) >= 11 is 8.38. The maximum Gasteiger partial charge on any atom is 0.338 e. The van der Waals surface area contributed by atoms with E-state index in [0.717, 1.165) is 20.1 Å². The van der Waals surface area contributed by atoms with Crippen molar-refractivity contribution < 1.29 is 19.0 Å². The zero-order chi connectivity index (χ0) is 26.7. The maximum absolute atomic E-state index is 13.8. The number of esters is 1. The quantitative estimate of drug-likeness (QED) is 0.317. The molecule has 7 nitrogen and oxygen atoms in total. The van der Waals surface area contributed by atoms with Crippen LogP contribution in [0.15, 0.2) is 66.4 Å². The van der Waals surface area contributed by atoms with Crippen LogP contribution >= 0.6 is 43.2 Å². The molecule has 0 saturated heterocycles. The molecule has 3 aromatic rings. The molecule has 0 fully saturated rings. The molecule has 4 rings (SSSR count). The summed E-state index contributed by atoms with van der Waals surface area (Å²) in [6.07, 6.45) is 1.81. The number of hydrogen-bond acceptors (Lipinski definition) is 7. The van der Waals surface area contributed by atoms with Crippen LogP contribution in [0.5, 0.6) is 11.5 Å². The number of halogens is 2. The van der Waals surface area contributed by atoms with Crippen LogP contribution in [0.4, 0.5) is 0 Å². The van der Waals surface area contributed by atoms with Crippen LogP contribution in [0.3, 0.4) is 0 Å². The zero-order valence-electron chi connectivity index (χ0n) is 20.8. The Morgan fingerprint density at radius 2 is 1.70 bits per heavy atom. The lowest BCUT2D eigenvalue weighted by molar-refractivity contribution is -0.139. The lowest BCUT2D eigenvalue weighted by Crippen LogP contribution is -2.39. The van der Waals surface area contributed by atoms with E-state index < -0.39 is 12.0 Å². The Morgan fingerprint density at radius 1 is 1.05 bits per heavy atom. The molecule has 10 heteroatoms. The van der Waals surface area contributed by atoms with Gasteiger partial charge >= 0.3 is 5.97 Å². The van der Waals surface area contributed by atoms with Gasteiger partial charge in [0, 0.05) is 0 Å². The van der Waals surface area contributed by atoms with Gasteiger partial charge in [-0.15, -0.1) is 0 Å². The molecule has 0 aliphatic carbocycles. The second-order valence-electron chi connectivity index (χ2n) is 8.05. The number of carbonyl (C=O) groups excluding carboxylic acids is 1. The number of aromatic nitrogens is 1. The topological polar surface area (TPSA) is 79.1 Å². The fraction of sp³-hybridized carbons (Fsp3) is 0.296. The third kappa shape index (κ3) is 5.61. The van der Waals surface area contributed by atoms with Gasteiger partial charge in [0.05, 0.1) is 50.6 Å². The van der Waals surface area contributed by atoms with Crippen molar-refractivity contribution in [1.29, 1.82) is 0 Å². The van der Waals surface area contributed by atoms with Crippen molar-refractivity contribution in [1.82, 2.24) is 4.57 Å². The van der Waals surface area contributed by atoms with E-state index in [4.69, 9.17) is 14.2 Å². The van der Waals surface area contributed by atoms with Gasteiger partial charge in [0.25, 0.3) is 5.56 Å². The SMILES string of the molecule is CCOC(=O)C1=C(C)N=c2s/c(=C\c3cc(Br)c(OCC)c(Br)c3)c(=O)n2[C@H]1c1ccc(OCC)cc1. The normalized spacial score (nSPS) is 15.3. The monoisotopic (exact) mass is 648 g/mol. The number of rotatable bonds is 8. The first-order valence-corrected chi connectivity index (χ1v) is 14.2. The van der Waals surface area contributed by atoms with Gasteiger partial charge in [-0.25, -0.2) is 9.79 Å². The minimum atomic E-state index is -0.674. The highest BCUT2D eigenvalue weighted by atomic mass is 79.9. The predicted molar refractivity (Wildman–Crippen MR) is 151 cm³/mol. The predicted octanol–water partition coefficient (Wildman–Crippen LogP) is 5.12. The number of carbonyl (C=O) groups is 1. The molecule has 1 atom stereocenters. The summed E-state index contributed by atoms with van der Waals surface area (Å²) in [5.41, 5.74) is 2.21. The van der Waals surface area contributed by atoms with Gasteiger partial charge in [-0.2, -0.15) is 0 Å². The van der Waals surface area contributed by atoms with E-state index in [-0.39, 0.29) is 12.2 Å². The summed E-state index contributed by atoms with van der Waals surface area (Å²) in [5, 5.41) is 0. The fourth-order valence-electron chi connectivity index (χ4n) is 4.12. The number of nitrogens with zero attached hydrogens (tertiary/aromatic N) is 2. The number of benzene rings is 2. The van der Waals surface area contributed by atoms with Gasteiger partial charge < -0.3 is 14.2 Å². The lowest BCUT2D eigenvalue weighted by Gasteiger charge is -2.24. The van der Waals surface area contributed by atoms with Crippen molar-refractivity contribution in [3.05, 3.63) is 87.4 Å². The summed E-state index contributed by atoms with van der Waals surface area (Å²) < 4.78 is 20.2. The fourth-order valence-corrected chi connectivity index (χ4v) is 6.61. The molecular formula is C27H26Br2N2O5S. The van der Waals surface area contributed by atoms with Gasteiger partial charge in [-0.3, -0.25) is 9.36 Å². The second-order valence-corrected chi connectivity index (χ2v) is 10.8. The third-order valence-electron chi connectivity index (χ3n) is 5.63. The molecule has 2 aromatic carbocycles. The molecule has 0 amide bonds. The molecule has 0 bridgehead atoms. The molecular weight excluding hydrogens is 624 g/mol. The van der Waals surface area contributed by atoms with E-state index in [2.05, 4.69) is 36.9 Å². The average molecular weight is 650 g/mol. The summed E-state index contributed by atoms with van der Waals surface area (Å²) in [6, 6.07) is 10.5. The summed E-state index contributed by atoms with van der Waals surface area (Å²) in [7, 11) is 0. The van der Waals surface area contributed by atoms with E-state index in [1.807, 2.05) is 56.3 Å². The molecule has 1 aliphatic heterocycles. The van der Waals surface area contributed by atoms with E-state index in [1.165, 1.54) is 11.3 Å². The highest BCUT2D eigenvalue weighted by Gasteiger charge is 2.33. The standard InChI is InChI=1S/C27H26Br2N2O5S/c1-5-34-18-10-8-17(9-11-18)23-22(26(33)36-7-3)15(4)30-27-31(23)25(32)21(37-27)14-16-12-19(28)24(35-6-2)20(29)13-16/h8-14,23H,5-7H2,1-4H3/b21-14-/t23-/m0/s1. The highest BCUT2D eigenvalue weighted by molar-refractivity contribution is 9.11. The molecule has 1 aromatic heterocycles. The average Bonchev–Trinajstić information content (AvgIpc) is 3.15. The molecule has 2 heterocycles. The Kier molecular flexibility index (Phi) is 8.71. The van der Waals surface area contributed by atoms with Gasteiger partial charge in [-0.05, 0) is 101 Å². The minimum Gasteiger partial charge on any atom is -0.494 e. The Bertz CT molecular complexity index is 1520. The van der Waals surface area contributed by atoms with E-state index >= 15 is 0 Å². The van der Waals surface area contributed by atoms with Crippen LogP contribution in [-0.4, -0.2) is 30.4 Å². The first-order valence-electron chi connectivity index (χ1n) is 11.8. The van der Waals surface area contributed by atoms with Crippen molar-refractivity contribution in [3.8, 4) is 11.5 Å². The van der Waals surface area contributed by atoms with Gasteiger partial charge in [0.15, 0.2) is 4.80 Å². The maximum atomic E-state index is 13.8. The van der Waals surface area contributed by atoms with E-state index in [1.54, 1.807) is 18.4 Å². The van der Waals surface area contributed by atoms with Crippen LogP contribution in [-0.2, 0) is 9.53 Å². The smallest absolute Gasteiger partial charge is 0.338 e. The number of hydrogen-bond donors (Lipinski definition) is 0. The number of ether oxygens (including phenoxy) is 3. The van der Waals surface area contributed by atoms with Crippen molar-refractivity contribution >= 4 is 55.2 Å². The van der Waals surface area contributed by atoms with Crippen molar-refractivity contribution in [2.75, 3.05) is 19.8 Å². The molecule has 0 radical (unpaired) electrons. The number of fused-ring (bicyclic) bond motifs is 1. The molecule has 0 spiro atoms.